The maximum Gasteiger partial charge on any atom is 0.229 e. The normalized spacial score (nSPS) is 31.0. The second-order valence-electron chi connectivity index (χ2n) is 8.65. The molecule has 1 saturated carbocycles. The summed E-state index contributed by atoms with van der Waals surface area (Å²) < 4.78 is 0. The summed E-state index contributed by atoms with van der Waals surface area (Å²) in [5.41, 5.74) is 1.33. The molecule has 0 heterocycles. The molecule has 1 fully saturated rings. The Kier molecular flexibility index (Phi) is 4.65. The van der Waals surface area contributed by atoms with E-state index in [-0.39, 0.29) is 0 Å². The minimum absolute atomic E-state index is 0.333. The fourth-order valence-electron chi connectivity index (χ4n) is 4.48. The van der Waals surface area contributed by atoms with E-state index in [1.54, 1.807) is 18.2 Å². The average Bonchev–Trinajstić information content (AvgIpc) is 2.56. The molecule has 1 N–H and O–H groups in total. The molecular formula is C21H28O3. The third kappa shape index (κ3) is 3.19. The van der Waals surface area contributed by atoms with Gasteiger partial charge in [0.2, 0.25) is 11.6 Å². The Labute approximate surface area is 144 Å². The van der Waals surface area contributed by atoms with Crippen molar-refractivity contribution in [2.24, 2.45) is 23.2 Å². The molecule has 2 atom stereocenters. The van der Waals surface area contributed by atoms with Crippen molar-refractivity contribution in [3.63, 3.8) is 0 Å². The zero-order chi connectivity index (χ0) is 17.5. The molecule has 0 bridgehead atoms. The van der Waals surface area contributed by atoms with Crippen molar-refractivity contribution in [3.8, 4) is 0 Å². The molecule has 0 spiro atoms. The lowest BCUT2D eigenvalue weighted by Crippen LogP contribution is -2.37. The minimum atomic E-state index is -0.841. The summed E-state index contributed by atoms with van der Waals surface area (Å²) in [6.45, 7) is 6.88. The smallest absolute Gasteiger partial charge is 0.229 e. The van der Waals surface area contributed by atoms with Gasteiger partial charge in [-0.3, -0.25) is 9.59 Å². The fourth-order valence-corrected chi connectivity index (χ4v) is 4.48. The van der Waals surface area contributed by atoms with E-state index in [0.29, 0.717) is 28.9 Å². The van der Waals surface area contributed by atoms with E-state index in [0.717, 1.165) is 18.8 Å². The van der Waals surface area contributed by atoms with Gasteiger partial charge in [0.25, 0.3) is 0 Å². The molecule has 24 heavy (non-hydrogen) atoms. The van der Waals surface area contributed by atoms with E-state index in [9.17, 15) is 14.7 Å². The zero-order valence-electron chi connectivity index (χ0n) is 14.9. The Bertz CT molecular complexity index is 633. The lowest BCUT2D eigenvalue weighted by atomic mass is 9.67. The molecule has 0 radical (unpaired) electrons. The summed E-state index contributed by atoms with van der Waals surface area (Å²) in [5.74, 6) is -0.236. The van der Waals surface area contributed by atoms with Crippen LogP contribution in [0.1, 0.15) is 74.9 Å². The Morgan fingerprint density at radius 2 is 1.67 bits per heavy atom. The van der Waals surface area contributed by atoms with Crippen LogP contribution < -0.4 is 0 Å². The van der Waals surface area contributed by atoms with Crippen molar-refractivity contribution in [3.05, 3.63) is 35.4 Å². The van der Waals surface area contributed by atoms with E-state index in [2.05, 4.69) is 20.8 Å². The molecule has 130 valence electrons. The molecule has 3 rings (SSSR count). The maximum absolute atomic E-state index is 12.5. The summed E-state index contributed by atoms with van der Waals surface area (Å²) in [6, 6.07) is 6.97. The molecule has 0 aliphatic heterocycles. The van der Waals surface area contributed by atoms with Crippen molar-refractivity contribution >= 4 is 11.6 Å². The number of hydrogen-bond acceptors (Lipinski definition) is 3. The highest BCUT2D eigenvalue weighted by Gasteiger charge is 2.41. The van der Waals surface area contributed by atoms with Gasteiger partial charge in [0.15, 0.2) is 0 Å². The number of aliphatic hydroxyl groups excluding tert-OH is 1. The maximum atomic E-state index is 12.5. The van der Waals surface area contributed by atoms with Crippen molar-refractivity contribution in [2.75, 3.05) is 0 Å². The first-order chi connectivity index (χ1) is 11.3. The van der Waals surface area contributed by atoms with Gasteiger partial charge in [-0.05, 0) is 42.1 Å². The van der Waals surface area contributed by atoms with Crippen LogP contribution in [0.2, 0.25) is 0 Å². The van der Waals surface area contributed by atoms with Crippen molar-refractivity contribution in [1.29, 1.82) is 0 Å². The van der Waals surface area contributed by atoms with Crippen molar-refractivity contribution in [2.45, 2.75) is 59.0 Å². The highest BCUT2D eigenvalue weighted by molar-refractivity contribution is 6.45. The van der Waals surface area contributed by atoms with Gasteiger partial charge in [-0.15, -0.1) is 0 Å². The molecule has 2 aliphatic carbocycles. The van der Waals surface area contributed by atoms with Crippen LogP contribution in [0.25, 0.3) is 0 Å². The molecule has 1 aromatic carbocycles. The summed E-state index contributed by atoms with van der Waals surface area (Å²) in [6.07, 6.45) is 4.33. The Hall–Kier alpha value is -1.48. The Morgan fingerprint density at radius 1 is 1.04 bits per heavy atom. The monoisotopic (exact) mass is 328 g/mol. The average molecular weight is 328 g/mol. The van der Waals surface area contributed by atoms with Gasteiger partial charge in [-0.25, -0.2) is 0 Å². The summed E-state index contributed by atoms with van der Waals surface area (Å²) in [4.78, 5) is 24.8. The standard InChI is InChI=1S/C21H28O3/c1-21(2,3)14-10-8-13(9-11-14)12-17-18(22)15-6-4-5-7-16(15)19(23)20(17)24/h4-7,13-14,17-18,22H,8-12H2,1-3H3. The third-order valence-corrected chi connectivity index (χ3v) is 6.12. The predicted octanol–water partition coefficient (Wildman–Crippen LogP) is 4.34. The molecule has 0 saturated heterocycles. The molecule has 0 amide bonds. The SMILES string of the molecule is CC(C)(C)C1CCC(CC2C(=O)C(=O)c3ccccc3C2O)CC1. The van der Waals surface area contributed by atoms with Crippen LogP contribution in [0.3, 0.4) is 0 Å². The predicted molar refractivity (Wildman–Crippen MR) is 93.7 cm³/mol. The van der Waals surface area contributed by atoms with Crippen LogP contribution >= 0.6 is 0 Å². The van der Waals surface area contributed by atoms with Gasteiger partial charge >= 0.3 is 0 Å². The first-order valence-electron chi connectivity index (χ1n) is 9.14. The van der Waals surface area contributed by atoms with Crippen LogP contribution in [0.15, 0.2) is 24.3 Å². The lowest BCUT2D eigenvalue weighted by molar-refractivity contribution is -0.124. The quantitative estimate of drug-likeness (QED) is 0.821. The van der Waals surface area contributed by atoms with Gasteiger partial charge in [-0.2, -0.15) is 0 Å². The van der Waals surface area contributed by atoms with E-state index in [1.165, 1.54) is 12.8 Å². The number of Topliss-reactive ketones (excluding diaryl/α,β-unsaturated/α-hetero) is 2. The molecule has 3 heteroatoms. The number of rotatable bonds is 2. The molecule has 1 aromatic rings. The summed E-state index contributed by atoms with van der Waals surface area (Å²) >= 11 is 0. The van der Waals surface area contributed by atoms with Crippen LogP contribution in [0.5, 0.6) is 0 Å². The van der Waals surface area contributed by atoms with E-state index < -0.39 is 23.6 Å². The number of carbonyl (C=O) groups excluding carboxylic acids is 2. The first-order valence-corrected chi connectivity index (χ1v) is 9.14. The number of carbonyl (C=O) groups is 2. The molecule has 2 aliphatic rings. The number of aliphatic hydroxyl groups is 1. The Morgan fingerprint density at radius 3 is 2.29 bits per heavy atom. The van der Waals surface area contributed by atoms with E-state index in [1.807, 2.05) is 6.07 Å². The van der Waals surface area contributed by atoms with Crippen LogP contribution in [-0.2, 0) is 4.79 Å². The highest BCUT2D eigenvalue weighted by Crippen LogP contribution is 2.44. The second-order valence-corrected chi connectivity index (χ2v) is 8.65. The number of ketones is 2. The van der Waals surface area contributed by atoms with Gasteiger partial charge < -0.3 is 5.11 Å². The lowest BCUT2D eigenvalue weighted by Gasteiger charge is -2.38. The topological polar surface area (TPSA) is 54.4 Å². The van der Waals surface area contributed by atoms with Gasteiger partial charge in [0, 0.05) is 5.56 Å². The fraction of sp³-hybridized carbons (Fsp3) is 0.619. The number of fused-ring (bicyclic) bond motifs is 1. The summed E-state index contributed by atoms with van der Waals surface area (Å²) in [5, 5.41) is 10.6. The number of hydrogen-bond donors (Lipinski definition) is 1. The second kappa shape index (κ2) is 6.44. The molecule has 3 nitrogen and oxygen atoms in total. The number of benzene rings is 1. The van der Waals surface area contributed by atoms with Crippen molar-refractivity contribution < 1.29 is 14.7 Å². The highest BCUT2D eigenvalue weighted by atomic mass is 16.3. The summed E-state index contributed by atoms with van der Waals surface area (Å²) in [7, 11) is 0. The van der Waals surface area contributed by atoms with Crippen LogP contribution in [0.4, 0.5) is 0 Å². The first kappa shape index (κ1) is 17.3. The van der Waals surface area contributed by atoms with Gasteiger partial charge in [0.05, 0.1) is 12.0 Å². The third-order valence-electron chi connectivity index (χ3n) is 6.12. The molecule has 0 aromatic heterocycles. The minimum Gasteiger partial charge on any atom is -0.388 e. The van der Waals surface area contributed by atoms with Crippen LogP contribution in [0, 0.1) is 23.2 Å². The Balaban J connectivity index is 1.70. The largest absolute Gasteiger partial charge is 0.388 e. The molecular weight excluding hydrogens is 300 g/mol. The van der Waals surface area contributed by atoms with Crippen molar-refractivity contribution in [1.82, 2.24) is 0 Å². The van der Waals surface area contributed by atoms with E-state index >= 15 is 0 Å². The van der Waals surface area contributed by atoms with Crippen LogP contribution in [-0.4, -0.2) is 16.7 Å². The zero-order valence-corrected chi connectivity index (χ0v) is 14.9. The van der Waals surface area contributed by atoms with Gasteiger partial charge in [-0.1, -0.05) is 57.9 Å². The van der Waals surface area contributed by atoms with E-state index in [4.69, 9.17) is 0 Å². The molecule has 2 unspecified atom stereocenters. The van der Waals surface area contributed by atoms with Gasteiger partial charge in [0.1, 0.15) is 0 Å².